The number of carbonyl (C=O) groups is 1. The van der Waals surface area contributed by atoms with Gasteiger partial charge in [-0.3, -0.25) is 4.79 Å². The zero-order chi connectivity index (χ0) is 11.7. The SMILES string of the molecule is CCC.CCC(=O)Nc1cccc(C)c1. The summed E-state index contributed by atoms with van der Waals surface area (Å²) in [7, 11) is 0. The molecule has 0 bridgehead atoms. The first-order valence-corrected chi connectivity index (χ1v) is 5.50. The van der Waals surface area contributed by atoms with Crippen molar-refractivity contribution in [2.45, 2.75) is 40.5 Å². The predicted molar refractivity (Wildman–Crippen MR) is 66.1 cm³/mol. The molecule has 0 heterocycles. The van der Waals surface area contributed by atoms with Crippen LogP contribution < -0.4 is 5.32 Å². The van der Waals surface area contributed by atoms with Crippen molar-refractivity contribution in [1.82, 2.24) is 0 Å². The molecule has 15 heavy (non-hydrogen) atoms. The fourth-order valence-corrected chi connectivity index (χ4v) is 0.972. The van der Waals surface area contributed by atoms with Gasteiger partial charge in [-0.25, -0.2) is 0 Å². The number of benzene rings is 1. The number of amides is 1. The van der Waals surface area contributed by atoms with Crippen molar-refractivity contribution in [2.75, 3.05) is 5.32 Å². The van der Waals surface area contributed by atoms with Gasteiger partial charge in [-0.2, -0.15) is 0 Å². The summed E-state index contributed by atoms with van der Waals surface area (Å²) in [4.78, 5) is 11.0. The highest BCUT2D eigenvalue weighted by atomic mass is 16.1. The van der Waals surface area contributed by atoms with Gasteiger partial charge >= 0.3 is 0 Å². The molecule has 1 amide bonds. The molecule has 0 saturated carbocycles. The van der Waals surface area contributed by atoms with Crippen LogP contribution in [0.15, 0.2) is 24.3 Å². The molecule has 0 unspecified atom stereocenters. The van der Waals surface area contributed by atoms with E-state index in [1.165, 1.54) is 6.42 Å². The minimum atomic E-state index is 0.0561. The molecule has 0 spiro atoms. The first kappa shape index (κ1) is 13.7. The van der Waals surface area contributed by atoms with Crippen molar-refractivity contribution in [3.05, 3.63) is 29.8 Å². The van der Waals surface area contributed by atoms with Gasteiger partial charge in [0.25, 0.3) is 0 Å². The quantitative estimate of drug-likeness (QED) is 0.786. The van der Waals surface area contributed by atoms with Crippen molar-refractivity contribution in [3.63, 3.8) is 0 Å². The van der Waals surface area contributed by atoms with Crippen molar-refractivity contribution < 1.29 is 4.79 Å². The Morgan fingerprint density at radius 1 is 1.27 bits per heavy atom. The predicted octanol–water partition coefficient (Wildman–Crippen LogP) is 3.76. The molecule has 1 N–H and O–H groups in total. The van der Waals surface area contributed by atoms with Gasteiger partial charge in [-0.15, -0.1) is 0 Å². The van der Waals surface area contributed by atoms with Crippen LogP contribution in [0, 0.1) is 6.92 Å². The van der Waals surface area contributed by atoms with Crippen LogP contribution in [-0.4, -0.2) is 5.91 Å². The molecular formula is C13H21NO. The number of aryl methyl sites for hydroxylation is 1. The fourth-order valence-electron chi connectivity index (χ4n) is 0.972. The van der Waals surface area contributed by atoms with Crippen LogP contribution in [0.1, 0.15) is 39.2 Å². The maximum atomic E-state index is 11.0. The van der Waals surface area contributed by atoms with E-state index in [-0.39, 0.29) is 5.91 Å². The molecule has 84 valence electrons. The first-order valence-electron chi connectivity index (χ1n) is 5.50. The Morgan fingerprint density at radius 2 is 1.87 bits per heavy atom. The van der Waals surface area contributed by atoms with E-state index in [4.69, 9.17) is 0 Å². The number of rotatable bonds is 2. The first-order chi connectivity index (χ1) is 7.13. The second kappa shape index (κ2) is 8.04. The summed E-state index contributed by atoms with van der Waals surface area (Å²) in [6.07, 6.45) is 1.77. The van der Waals surface area contributed by atoms with Crippen LogP contribution in [0.2, 0.25) is 0 Å². The lowest BCUT2D eigenvalue weighted by atomic mass is 10.2. The Labute approximate surface area is 92.7 Å². The van der Waals surface area contributed by atoms with Gasteiger partial charge < -0.3 is 5.32 Å². The molecule has 0 atom stereocenters. The summed E-state index contributed by atoms with van der Waals surface area (Å²) in [6.45, 7) is 8.09. The molecule has 1 rings (SSSR count). The molecule has 0 aromatic heterocycles. The molecule has 0 aliphatic heterocycles. The van der Waals surface area contributed by atoms with Crippen molar-refractivity contribution >= 4 is 11.6 Å². The number of nitrogens with one attached hydrogen (secondary N) is 1. The lowest BCUT2D eigenvalue weighted by Gasteiger charge is -2.03. The van der Waals surface area contributed by atoms with Gasteiger partial charge in [-0.1, -0.05) is 39.3 Å². The molecule has 2 heteroatoms. The maximum absolute atomic E-state index is 11.0. The summed E-state index contributed by atoms with van der Waals surface area (Å²) < 4.78 is 0. The van der Waals surface area contributed by atoms with Crippen LogP contribution >= 0.6 is 0 Å². The number of anilines is 1. The molecule has 1 aromatic rings. The molecule has 1 aromatic carbocycles. The Morgan fingerprint density at radius 3 is 2.33 bits per heavy atom. The molecular weight excluding hydrogens is 186 g/mol. The molecule has 0 aliphatic rings. The Hall–Kier alpha value is -1.31. The highest BCUT2D eigenvalue weighted by Crippen LogP contribution is 2.09. The molecule has 2 nitrogen and oxygen atoms in total. The van der Waals surface area contributed by atoms with Gasteiger partial charge in [0, 0.05) is 12.1 Å². The van der Waals surface area contributed by atoms with Crippen LogP contribution in [-0.2, 0) is 4.79 Å². The average molecular weight is 207 g/mol. The number of carbonyl (C=O) groups excluding carboxylic acids is 1. The van der Waals surface area contributed by atoms with Crippen LogP contribution in [0.25, 0.3) is 0 Å². The number of hydrogen-bond acceptors (Lipinski definition) is 1. The lowest BCUT2D eigenvalue weighted by molar-refractivity contribution is -0.115. The third-order valence-corrected chi connectivity index (χ3v) is 1.62. The third kappa shape index (κ3) is 6.72. The molecule has 0 saturated heterocycles. The molecule has 0 radical (unpaired) electrons. The van der Waals surface area contributed by atoms with Gasteiger partial charge in [0.2, 0.25) is 5.91 Å². The van der Waals surface area contributed by atoms with Crippen molar-refractivity contribution in [3.8, 4) is 0 Å². The minimum absolute atomic E-state index is 0.0561. The van der Waals surface area contributed by atoms with Crippen LogP contribution in [0.4, 0.5) is 5.69 Å². The summed E-state index contributed by atoms with van der Waals surface area (Å²) in [5, 5.41) is 2.79. The highest BCUT2D eigenvalue weighted by Gasteiger charge is 1.97. The van der Waals surface area contributed by atoms with E-state index in [0.717, 1.165) is 11.3 Å². The largest absolute Gasteiger partial charge is 0.326 e. The Balaban J connectivity index is 0.000000583. The van der Waals surface area contributed by atoms with Gasteiger partial charge in [-0.05, 0) is 24.6 Å². The average Bonchev–Trinajstić information content (AvgIpc) is 2.19. The van der Waals surface area contributed by atoms with Gasteiger partial charge in [0.05, 0.1) is 0 Å². The van der Waals surface area contributed by atoms with E-state index < -0.39 is 0 Å². The Bertz CT molecular complexity index is 294. The minimum Gasteiger partial charge on any atom is -0.326 e. The standard InChI is InChI=1S/C10H13NO.C3H8/c1-3-10(12)11-9-6-4-5-8(2)7-9;1-3-2/h4-7H,3H2,1-2H3,(H,11,12);3H2,1-2H3. The third-order valence-electron chi connectivity index (χ3n) is 1.62. The second-order valence-electron chi connectivity index (χ2n) is 3.48. The van der Waals surface area contributed by atoms with E-state index in [1.54, 1.807) is 0 Å². The van der Waals surface area contributed by atoms with E-state index in [9.17, 15) is 4.79 Å². The van der Waals surface area contributed by atoms with E-state index in [1.807, 2.05) is 38.1 Å². The van der Waals surface area contributed by atoms with Crippen molar-refractivity contribution in [2.24, 2.45) is 0 Å². The zero-order valence-electron chi connectivity index (χ0n) is 10.1. The topological polar surface area (TPSA) is 29.1 Å². The Kier molecular flexibility index (Phi) is 7.33. The van der Waals surface area contributed by atoms with Crippen LogP contribution in [0.5, 0.6) is 0 Å². The van der Waals surface area contributed by atoms with E-state index in [0.29, 0.717) is 6.42 Å². The lowest BCUT2D eigenvalue weighted by Crippen LogP contribution is -2.09. The van der Waals surface area contributed by atoms with Crippen molar-refractivity contribution in [1.29, 1.82) is 0 Å². The molecule has 0 fully saturated rings. The van der Waals surface area contributed by atoms with Gasteiger partial charge in [0.1, 0.15) is 0 Å². The van der Waals surface area contributed by atoms with E-state index >= 15 is 0 Å². The van der Waals surface area contributed by atoms with Crippen LogP contribution in [0.3, 0.4) is 0 Å². The maximum Gasteiger partial charge on any atom is 0.224 e. The fraction of sp³-hybridized carbons (Fsp3) is 0.462. The second-order valence-corrected chi connectivity index (χ2v) is 3.48. The normalized spacial score (nSPS) is 8.80. The van der Waals surface area contributed by atoms with Gasteiger partial charge in [0.15, 0.2) is 0 Å². The summed E-state index contributed by atoms with van der Waals surface area (Å²) >= 11 is 0. The smallest absolute Gasteiger partial charge is 0.224 e. The highest BCUT2D eigenvalue weighted by molar-refractivity contribution is 5.90. The number of hydrogen-bond donors (Lipinski definition) is 1. The summed E-state index contributed by atoms with van der Waals surface area (Å²) in [5.41, 5.74) is 2.03. The zero-order valence-corrected chi connectivity index (χ0v) is 10.1. The summed E-state index contributed by atoms with van der Waals surface area (Å²) in [5.74, 6) is 0.0561. The van der Waals surface area contributed by atoms with E-state index in [2.05, 4.69) is 19.2 Å². The molecule has 0 aliphatic carbocycles. The summed E-state index contributed by atoms with van der Waals surface area (Å²) in [6, 6.07) is 7.77. The monoisotopic (exact) mass is 207 g/mol.